The molecule has 0 atom stereocenters. The molecule has 1 aliphatic rings. The van der Waals surface area contributed by atoms with Crippen LogP contribution < -0.4 is 0 Å². The predicted molar refractivity (Wildman–Crippen MR) is 65.0 cm³/mol. The fourth-order valence-electron chi connectivity index (χ4n) is 1.97. The van der Waals surface area contributed by atoms with Gasteiger partial charge in [-0.3, -0.25) is 4.79 Å². The fraction of sp³-hybridized carbons (Fsp3) is 0.333. The Kier molecular flexibility index (Phi) is 2.68. The second-order valence-corrected chi connectivity index (χ2v) is 4.87. The Balaban J connectivity index is 1.82. The number of thiazole rings is 1. The third-order valence-electron chi connectivity index (χ3n) is 2.85. The standard InChI is InChI=1S/C12H12N2O2S/c15-12(14-5-1-2-6-14)9-8-17-11(13-9)10-4-3-7-16-10/h3-4,7-8H,1-2,5-6H2. The van der Waals surface area contributed by atoms with Crippen LogP contribution in [0.25, 0.3) is 10.8 Å². The SMILES string of the molecule is O=C(c1csc(-c2ccco2)n1)N1CCCC1. The van der Waals surface area contributed by atoms with Crippen molar-refractivity contribution in [3.63, 3.8) is 0 Å². The highest BCUT2D eigenvalue weighted by Crippen LogP contribution is 2.25. The smallest absolute Gasteiger partial charge is 0.273 e. The van der Waals surface area contributed by atoms with E-state index in [4.69, 9.17) is 4.42 Å². The molecule has 3 rings (SSSR count). The predicted octanol–water partition coefficient (Wildman–Crippen LogP) is 2.64. The lowest BCUT2D eigenvalue weighted by molar-refractivity contribution is 0.0788. The van der Waals surface area contributed by atoms with Gasteiger partial charge >= 0.3 is 0 Å². The maximum atomic E-state index is 12.1. The van der Waals surface area contributed by atoms with Gasteiger partial charge < -0.3 is 9.32 Å². The van der Waals surface area contributed by atoms with Crippen LogP contribution in [0.2, 0.25) is 0 Å². The van der Waals surface area contributed by atoms with Crippen molar-refractivity contribution in [1.29, 1.82) is 0 Å². The number of carbonyl (C=O) groups is 1. The molecule has 4 nitrogen and oxygen atoms in total. The minimum Gasteiger partial charge on any atom is -0.462 e. The monoisotopic (exact) mass is 248 g/mol. The van der Waals surface area contributed by atoms with Crippen LogP contribution in [0.5, 0.6) is 0 Å². The van der Waals surface area contributed by atoms with Crippen LogP contribution >= 0.6 is 11.3 Å². The zero-order chi connectivity index (χ0) is 11.7. The topological polar surface area (TPSA) is 46.3 Å². The van der Waals surface area contributed by atoms with Gasteiger partial charge in [-0.15, -0.1) is 11.3 Å². The molecule has 0 aromatic carbocycles. The van der Waals surface area contributed by atoms with Gasteiger partial charge in [-0.2, -0.15) is 0 Å². The van der Waals surface area contributed by atoms with Crippen molar-refractivity contribution in [3.05, 3.63) is 29.5 Å². The van der Waals surface area contributed by atoms with Gasteiger partial charge in [0, 0.05) is 18.5 Å². The van der Waals surface area contributed by atoms with Gasteiger partial charge in [-0.25, -0.2) is 4.98 Å². The molecule has 5 heteroatoms. The van der Waals surface area contributed by atoms with Gasteiger partial charge in [0.25, 0.3) is 5.91 Å². The highest BCUT2D eigenvalue weighted by atomic mass is 32.1. The Labute approximate surface area is 103 Å². The number of likely N-dealkylation sites (tertiary alicyclic amines) is 1. The summed E-state index contributed by atoms with van der Waals surface area (Å²) in [5, 5.41) is 2.57. The Bertz CT molecular complexity index is 512. The van der Waals surface area contributed by atoms with E-state index in [9.17, 15) is 4.79 Å². The Hall–Kier alpha value is -1.62. The summed E-state index contributed by atoms with van der Waals surface area (Å²) in [5.74, 6) is 0.757. The van der Waals surface area contributed by atoms with Gasteiger partial charge in [0.15, 0.2) is 10.8 Å². The van der Waals surface area contributed by atoms with Crippen molar-refractivity contribution < 1.29 is 9.21 Å². The fourth-order valence-corrected chi connectivity index (χ4v) is 2.73. The molecule has 0 spiro atoms. The summed E-state index contributed by atoms with van der Waals surface area (Å²) in [6, 6.07) is 3.67. The van der Waals surface area contributed by atoms with E-state index in [1.807, 2.05) is 17.0 Å². The molecule has 0 saturated carbocycles. The van der Waals surface area contributed by atoms with E-state index < -0.39 is 0 Å². The molecule has 0 N–H and O–H groups in total. The largest absolute Gasteiger partial charge is 0.462 e. The summed E-state index contributed by atoms with van der Waals surface area (Å²) in [7, 11) is 0. The van der Waals surface area contributed by atoms with Crippen LogP contribution in [0.15, 0.2) is 28.2 Å². The Morgan fingerprint density at radius 2 is 2.24 bits per heavy atom. The first-order chi connectivity index (χ1) is 8.34. The first-order valence-corrected chi connectivity index (χ1v) is 6.51. The molecule has 17 heavy (non-hydrogen) atoms. The summed E-state index contributed by atoms with van der Waals surface area (Å²) in [5.41, 5.74) is 0.531. The molecule has 3 heterocycles. The minimum absolute atomic E-state index is 0.0385. The van der Waals surface area contributed by atoms with E-state index in [0.717, 1.165) is 36.7 Å². The van der Waals surface area contributed by atoms with Crippen molar-refractivity contribution in [2.75, 3.05) is 13.1 Å². The van der Waals surface area contributed by atoms with Gasteiger partial charge in [0.2, 0.25) is 0 Å². The number of aromatic nitrogens is 1. The summed E-state index contributed by atoms with van der Waals surface area (Å²) in [6.45, 7) is 1.71. The number of rotatable bonds is 2. The van der Waals surface area contributed by atoms with Gasteiger partial charge in [0.05, 0.1) is 6.26 Å². The summed E-state index contributed by atoms with van der Waals surface area (Å²) >= 11 is 1.44. The third-order valence-corrected chi connectivity index (χ3v) is 3.71. The maximum absolute atomic E-state index is 12.1. The molecule has 1 fully saturated rings. The lowest BCUT2D eigenvalue weighted by Crippen LogP contribution is -2.27. The maximum Gasteiger partial charge on any atom is 0.273 e. The molecule has 1 amide bonds. The van der Waals surface area contributed by atoms with Gasteiger partial charge in [-0.05, 0) is 25.0 Å². The molecular weight excluding hydrogens is 236 g/mol. The second kappa shape index (κ2) is 4.33. The first kappa shape index (κ1) is 10.5. The van der Waals surface area contributed by atoms with Crippen LogP contribution in [0, 0.1) is 0 Å². The van der Waals surface area contributed by atoms with E-state index in [1.54, 1.807) is 11.6 Å². The van der Waals surface area contributed by atoms with Crippen LogP contribution in [-0.2, 0) is 0 Å². The lowest BCUT2D eigenvalue weighted by Gasteiger charge is -2.12. The molecular formula is C12H12N2O2S. The molecule has 0 unspecified atom stereocenters. The highest BCUT2D eigenvalue weighted by Gasteiger charge is 2.22. The molecule has 0 radical (unpaired) electrons. The van der Waals surface area contributed by atoms with Crippen molar-refractivity contribution >= 4 is 17.2 Å². The van der Waals surface area contributed by atoms with E-state index in [0.29, 0.717) is 5.69 Å². The zero-order valence-corrected chi connectivity index (χ0v) is 10.1. The number of nitrogens with zero attached hydrogens (tertiary/aromatic N) is 2. The van der Waals surface area contributed by atoms with E-state index in [2.05, 4.69) is 4.98 Å². The average molecular weight is 248 g/mol. The Morgan fingerprint density at radius 3 is 2.94 bits per heavy atom. The first-order valence-electron chi connectivity index (χ1n) is 5.63. The zero-order valence-electron chi connectivity index (χ0n) is 9.26. The summed E-state index contributed by atoms with van der Waals surface area (Å²) < 4.78 is 5.26. The van der Waals surface area contributed by atoms with E-state index >= 15 is 0 Å². The lowest BCUT2D eigenvalue weighted by atomic mass is 10.4. The quantitative estimate of drug-likeness (QED) is 0.820. The second-order valence-electron chi connectivity index (χ2n) is 4.01. The third kappa shape index (κ3) is 1.98. The van der Waals surface area contributed by atoms with Crippen molar-refractivity contribution in [1.82, 2.24) is 9.88 Å². The molecule has 0 bridgehead atoms. The number of hydrogen-bond acceptors (Lipinski definition) is 4. The average Bonchev–Trinajstić information content (AvgIpc) is 3.09. The molecule has 1 saturated heterocycles. The van der Waals surface area contributed by atoms with Crippen molar-refractivity contribution in [2.45, 2.75) is 12.8 Å². The van der Waals surface area contributed by atoms with Crippen LogP contribution in [-0.4, -0.2) is 28.9 Å². The number of carbonyl (C=O) groups excluding carboxylic acids is 1. The molecule has 2 aromatic rings. The number of hydrogen-bond donors (Lipinski definition) is 0. The van der Waals surface area contributed by atoms with Crippen LogP contribution in [0.3, 0.4) is 0 Å². The molecule has 0 aliphatic carbocycles. The summed E-state index contributed by atoms with van der Waals surface area (Å²) in [6.07, 6.45) is 3.81. The molecule has 1 aliphatic heterocycles. The number of amides is 1. The van der Waals surface area contributed by atoms with Gasteiger partial charge in [0.1, 0.15) is 5.69 Å². The normalized spacial score (nSPS) is 15.4. The van der Waals surface area contributed by atoms with E-state index in [-0.39, 0.29) is 5.91 Å². The Morgan fingerprint density at radius 1 is 1.41 bits per heavy atom. The summed E-state index contributed by atoms with van der Waals surface area (Å²) in [4.78, 5) is 18.3. The number of furan rings is 1. The van der Waals surface area contributed by atoms with Crippen molar-refractivity contribution in [3.8, 4) is 10.8 Å². The van der Waals surface area contributed by atoms with E-state index in [1.165, 1.54) is 11.3 Å². The van der Waals surface area contributed by atoms with Crippen molar-refractivity contribution in [2.24, 2.45) is 0 Å². The van der Waals surface area contributed by atoms with Crippen LogP contribution in [0.4, 0.5) is 0 Å². The van der Waals surface area contributed by atoms with Crippen LogP contribution in [0.1, 0.15) is 23.3 Å². The molecule has 88 valence electrons. The molecule has 2 aromatic heterocycles. The van der Waals surface area contributed by atoms with Gasteiger partial charge in [-0.1, -0.05) is 0 Å². The minimum atomic E-state index is 0.0385. The highest BCUT2D eigenvalue weighted by molar-refractivity contribution is 7.13.